The summed E-state index contributed by atoms with van der Waals surface area (Å²) in [6.07, 6.45) is 4.50. The van der Waals surface area contributed by atoms with Crippen molar-refractivity contribution in [2.45, 2.75) is 23.8 Å². The van der Waals surface area contributed by atoms with E-state index in [4.69, 9.17) is 5.11 Å². The van der Waals surface area contributed by atoms with E-state index in [0.29, 0.717) is 5.69 Å². The molecule has 1 aromatic carbocycles. The molecular formula is C13H13N3O4S. The molecule has 2 aromatic rings. The molecule has 3 rings (SSSR count). The van der Waals surface area contributed by atoms with Gasteiger partial charge in [0.1, 0.15) is 6.33 Å². The molecule has 0 amide bonds. The normalized spacial score (nSPS) is 15.0. The minimum Gasteiger partial charge on any atom is -0.476 e. The fourth-order valence-corrected chi connectivity index (χ4v) is 3.17. The maximum absolute atomic E-state index is 12.0. The molecule has 1 fully saturated rings. The predicted molar refractivity (Wildman–Crippen MR) is 73.9 cm³/mol. The van der Waals surface area contributed by atoms with Crippen LogP contribution in [0.2, 0.25) is 0 Å². The van der Waals surface area contributed by atoms with Gasteiger partial charge in [0.2, 0.25) is 10.0 Å². The Balaban J connectivity index is 1.84. The second-order valence-electron chi connectivity index (χ2n) is 4.86. The molecular weight excluding hydrogens is 294 g/mol. The summed E-state index contributed by atoms with van der Waals surface area (Å²) >= 11 is 0. The first-order valence-corrected chi connectivity index (χ1v) is 7.84. The van der Waals surface area contributed by atoms with E-state index in [1.165, 1.54) is 29.2 Å². The lowest BCUT2D eigenvalue weighted by Crippen LogP contribution is -2.25. The minimum absolute atomic E-state index is 0.0569. The molecule has 7 nitrogen and oxygen atoms in total. The summed E-state index contributed by atoms with van der Waals surface area (Å²) in [5.41, 5.74) is 0.572. The topological polar surface area (TPSA) is 101 Å². The molecule has 0 aliphatic heterocycles. The smallest absolute Gasteiger partial charge is 0.356 e. The molecule has 1 heterocycles. The molecule has 1 aliphatic carbocycles. The number of benzene rings is 1. The number of hydrogen-bond donors (Lipinski definition) is 2. The van der Waals surface area contributed by atoms with Gasteiger partial charge in [-0.1, -0.05) is 0 Å². The third kappa shape index (κ3) is 2.96. The van der Waals surface area contributed by atoms with Crippen LogP contribution in [0.3, 0.4) is 0 Å². The van der Waals surface area contributed by atoms with Crippen molar-refractivity contribution in [1.82, 2.24) is 14.3 Å². The van der Waals surface area contributed by atoms with E-state index in [1.54, 1.807) is 12.1 Å². The number of carboxylic acids is 1. The van der Waals surface area contributed by atoms with Crippen molar-refractivity contribution in [3.05, 3.63) is 42.5 Å². The van der Waals surface area contributed by atoms with Crippen LogP contribution in [0.5, 0.6) is 0 Å². The van der Waals surface area contributed by atoms with Crippen molar-refractivity contribution < 1.29 is 18.3 Å². The Labute approximate surface area is 121 Å². The number of rotatable bonds is 5. The Morgan fingerprint density at radius 2 is 1.95 bits per heavy atom. The second kappa shape index (κ2) is 4.97. The van der Waals surface area contributed by atoms with Gasteiger partial charge in [-0.05, 0) is 37.1 Å². The van der Waals surface area contributed by atoms with E-state index in [2.05, 4.69) is 9.71 Å². The highest BCUT2D eigenvalue weighted by molar-refractivity contribution is 7.89. The average Bonchev–Trinajstić information content (AvgIpc) is 3.09. The van der Waals surface area contributed by atoms with E-state index in [0.717, 1.165) is 12.8 Å². The summed E-state index contributed by atoms with van der Waals surface area (Å²) in [4.78, 5) is 14.7. The standard InChI is InChI=1S/C13H13N3O4S/c17-13(18)12-7-16(8-14-12)10-3-5-11(6-4-10)21(19,20)15-9-1-2-9/h3-9,15H,1-2H2,(H,17,18). The lowest BCUT2D eigenvalue weighted by atomic mass is 10.3. The fraction of sp³-hybridized carbons (Fsp3) is 0.231. The van der Waals surface area contributed by atoms with E-state index in [-0.39, 0.29) is 16.6 Å². The van der Waals surface area contributed by atoms with E-state index >= 15 is 0 Å². The lowest BCUT2D eigenvalue weighted by Gasteiger charge is -2.07. The number of aromatic carboxylic acids is 1. The highest BCUT2D eigenvalue weighted by Gasteiger charge is 2.27. The third-order valence-corrected chi connectivity index (χ3v) is 4.68. The first-order valence-electron chi connectivity index (χ1n) is 6.36. The summed E-state index contributed by atoms with van der Waals surface area (Å²) in [5.74, 6) is -1.11. The molecule has 110 valence electrons. The SMILES string of the molecule is O=C(O)c1cn(-c2ccc(S(=O)(=O)NC3CC3)cc2)cn1. The largest absolute Gasteiger partial charge is 0.476 e. The van der Waals surface area contributed by atoms with Gasteiger partial charge in [-0.2, -0.15) is 0 Å². The van der Waals surface area contributed by atoms with Crippen molar-refractivity contribution in [1.29, 1.82) is 0 Å². The van der Waals surface area contributed by atoms with Crippen molar-refractivity contribution in [2.24, 2.45) is 0 Å². The molecule has 0 spiro atoms. The summed E-state index contributed by atoms with van der Waals surface area (Å²) in [7, 11) is -3.47. The number of hydrogen-bond acceptors (Lipinski definition) is 4. The van der Waals surface area contributed by atoms with Gasteiger partial charge in [-0.25, -0.2) is 22.9 Å². The van der Waals surface area contributed by atoms with Gasteiger partial charge < -0.3 is 9.67 Å². The van der Waals surface area contributed by atoms with Crippen molar-refractivity contribution in [3.8, 4) is 5.69 Å². The van der Waals surface area contributed by atoms with Gasteiger partial charge in [0.15, 0.2) is 5.69 Å². The van der Waals surface area contributed by atoms with E-state index < -0.39 is 16.0 Å². The Hall–Kier alpha value is -2.19. The van der Waals surface area contributed by atoms with E-state index in [1.807, 2.05) is 0 Å². The lowest BCUT2D eigenvalue weighted by molar-refractivity contribution is 0.0691. The first kappa shape index (κ1) is 13.8. The first-order chi connectivity index (χ1) is 9.95. The summed E-state index contributed by atoms with van der Waals surface area (Å²) in [6, 6.07) is 6.24. The highest BCUT2D eigenvalue weighted by atomic mass is 32.2. The van der Waals surface area contributed by atoms with Crippen molar-refractivity contribution >= 4 is 16.0 Å². The zero-order chi connectivity index (χ0) is 15.0. The Kier molecular flexibility index (Phi) is 3.26. The molecule has 8 heteroatoms. The van der Waals surface area contributed by atoms with Gasteiger partial charge in [-0.3, -0.25) is 0 Å². The number of nitrogens with zero attached hydrogens (tertiary/aromatic N) is 2. The number of imidazole rings is 1. The van der Waals surface area contributed by atoms with Gasteiger partial charge in [0.25, 0.3) is 0 Å². The van der Waals surface area contributed by atoms with Crippen LogP contribution in [0.25, 0.3) is 5.69 Å². The number of carboxylic acid groups (broad SMARTS) is 1. The molecule has 0 atom stereocenters. The predicted octanol–water partition coefficient (Wildman–Crippen LogP) is 1.01. The van der Waals surface area contributed by atoms with Gasteiger partial charge in [0, 0.05) is 17.9 Å². The van der Waals surface area contributed by atoms with Crippen LogP contribution in [0.15, 0.2) is 41.7 Å². The fourth-order valence-electron chi connectivity index (χ4n) is 1.86. The van der Waals surface area contributed by atoms with Crippen LogP contribution >= 0.6 is 0 Å². The number of nitrogens with one attached hydrogen (secondary N) is 1. The van der Waals surface area contributed by atoms with Crippen molar-refractivity contribution in [3.63, 3.8) is 0 Å². The quantitative estimate of drug-likeness (QED) is 0.858. The zero-order valence-electron chi connectivity index (χ0n) is 10.9. The van der Waals surface area contributed by atoms with Crippen LogP contribution < -0.4 is 4.72 Å². The monoisotopic (exact) mass is 307 g/mol. The van der Waals surface area contributed by atoms with Gasteiger partial charge in [-0.15, -0.1) is 0 Å². The maximum atomic E-state index is 12.0. The van der Waals surface area contributed by atoms with E-state index in [9.17, 15) is 13.2 Å². The molecule has 0 radical (unpaired) electrons. The summed E-state index contributed by atoms with van der Waals surface area (Å²) < 4.78 is 28.2. The van der Waals surface area contributed by atoms with Crippen LogP contribution in [0.1, 0.15) is 23.3 Å². The number of sulfonamides is 1. The highest BCUT2D eigenvalue weighted by Crippen LogP contribution is 2.22. The zero-order valence-corrected chi connectivity index (χ0v) is 11.7. The van der Waals surface area contributed by atoms with Crippen LogP contribution in [0.4, 0.5) is 0 Å². The molecule has 0 saturated heterocycles. The maximum Gasteiger partial charge on any atom is 0.356 e. The molecule has 0 unspecified atom stereocenters. The van der Waals surface area contributed by atoms with Gasteiger partial charge >= 0.3 is 5.97 Å². The number of carbonyl (C=O) groups is 1. The molecule has 1 aromatic heterocycles. The summed E-state index contributed by atoms with van der Waals surface area (Å²) in [5, 5.41) is 8.82. The Morgan fingerprint density at radius 1 is 1.29 bits per heavy atom. The average molecular weight is 307 g/mol. The molecule has 21 heavy (non-hydrogen) atoms. The van der Waals surface area contributed by atoms with Crippen LogP contribution in [0, 0.1) is 0 Å². The van der Waals surface area contributed by atoms with Gasteiger partial charge in [0.05, 0.1) is 4.90 Å². The minimum atomic E-state index is -3.47. The van der Waals surface area contributed by atoms with Crippen molar-refractivity contribution in [2.75, 3.05) is 0 Å². The molecule has 1 saturated carbocycles. The molecule has 1 aliphatic rings. The summed E-state index contributed by atoms with van der Waals surface area (Å²) in [6.45, 7) is 0. The van der Waals surface area contributed by atoms with Crippen LogP contribution in [-0.4, -0.2) is 35.1 Å². The molecule has 2 N–H and O–H groups in total. The van der Waals surface area contributed by atoms with Crippen LogP contribution in [-0.2, 0) is 10.0 Å². The number of aromatic nitrogens is 2. The Morgan fingerprint density at radius 3 is 2.48 bits per heavy atom. The third-order valence-electron chi connectivity index (χ3n) is 3.15. The molecule has 0 bridgehead atoms. The second-order valence-corrected chi connectivity index (χ2v) is 6.57. The Bertz CT molecular complexity index is 776.